The lowest BCUT2D eigenvalue weighted by Gasteiger charge is -2.20. The van der Waals surface area contributed by atoms with E-state index in [1.54, 1.807) is 0 Å². The second-order valence-electron chi connectivity index (χ2n) is 7.93. The molecule has 1 nitrogen and oxygen atoms in total. The monoisotopic (exact) mass is 412 g/mol. The van der Waals surface area contributed by atoms with E-state index in [1.807, 2.05) is 72.8 Å². The van der Waals surface area contributed by atoms with Crippen LogP contribution in [0.15, 0.2) is 127 Å². The van der Waals surface area contributed by atoms with Gasteiger partial charge in [-0.15, -0.1) is 0 Å². The Balaban J connectivity index is 1.82. The lowest BCUT2D eigenvalue weighted by molar-refractivity contribution is 0.472. The van der Waals surface area contributed by atoms with E-state index >= 15 is 0 Å². The molecule has 0 unspecified atom stereocenters. The third kappa shape index (κ3) is 3.93. The highest BCUT2D eigenvalue weighted by atomic mass is 16.3. The van der Waals surface area contributed by atoms with Crippen molar-refractivity contribution in [3.63, 3.8) is 0 Å². The number of hydrogen-bond donors (Lipinski definition) is 1. The minimum absolute atomic E-state index is 0.347. The van der Waals surface area contributed by atoms with Crippen LogP contribution >= 0.6 is 0 Å². The van der Waals surface area contributed by atoms with Gasteiger partial charge in [-0.2, -0.15) is 0 Å². The smallest absolute Gasteiger partial charge is 0.128 e. The van der Waals surface area contributed by atoms with Crippen LogP contribution in [0, 0.1) is 0 Å². The Morgan fingerprint density at radius 1 is 0.469 bits per heavy atom. The van der Waals surface area contributed by atoms with Crippen LogP contribution in [0.1, 0.15) is 11.1 Å². The van der Waals surface area contributed by atoms with Gasteiger partial charge in [0.15, 0.2) is 0 Å². The normalized spacial score (nSPS) is 10.8. The summed E-state index contributed by atoms with van der Waals surface area (Å²) in [6.07, 6.45) is 0.659. The third-order valence-electron chi connectivity index (χ3n) is 5.86. The van der Waals surface area contributed by atoms with Crippen molar-refractivity contribution in [1.82, 2.24) is 0 Å². The van der Waals surface area contributed by atoms with Crippen molar-refractivity contribution < 1.29 is 5.11 Å². The fraction of sp³-hybridized carbons (Fsp3) is 0.0323. The summed E-state index contributed by atoms with van der Waals surface area (Å²) in [5, 5.41) is 11.8. The van der Waals surface area contributed by atoms with E-state index in [4.69, 9.17) is 0 Å². The number of rotatable bonds is 5. The van der Waals surface area contributed by atoms with Crippen molar-refractivity contribution in [2.24, 2.45) is 0 Å². The molecule has 0 bridgehead atoms. The van der Waals surface area contributed by atoms with E-state index in [9.17, 15) is 5.11 Å². The molecule has 5 rings (SSSR count). The average Bonchev–Trinajstić information content (AvgIpc) is 2.87. The molecule has 5 aromatic rings. The average molecular weight is 413 g/mol. The molecule has 0 radical (unpaired) electrons. The van der Waals surface area contributed by atoms with Crippen molar-refractivity contribution in [3.05, 3.63) is 139 Å². The minimum atomic E-state index is 0.347. The highest BCUT2D eigenvalue weighted by molar-refractivity contribution is 5.93. The maximum absolute atomic E-state index is 11.8. The molecule has 1 heteroatoms. The molecule has 0 aliphatic carbocycles. The summed E-state index contributed by atoms with van der Waals surface area (Å²) in [4.78, 5) is 0. The topological polar surface area (TPSA) is 20.2 Å². The molecular formula is C31H24O. The van der Waals surface area contributed by atoms with Gasteiger partial charge in [0.1, 0.15) is 5.75 Å². The molecule has 0 aromatic heterocycles. The van der Waals surface area contributed by atoms with Crippen LogP contribution in [0.4, 0.5) is 0 Å². The van der Waals surface area contributed by atoms with Crippen LogP contribution in [0.2, 0.25) is 0 Å². The van der Waals surface area contributed by atoms with Gasteiger partial charge in [0.2, 0.25) is 0 Å². The Labute approximate surface area is 189 Å². The first kappa shape index (κ1) is 19.8. The van der Waals surface area contributed by atoms with Gasteiger partial charge >= 0.3 is 0 Å². The van der Waals surface area contributed by atoms with Crippen LogP contribution in [-0.4, -0.2) is 5.11 Å². The predicted molar refractivity (Wildman–Crippen MR) is 134 cm³/mol. The Kier molecular flexibility index (Phi) is 5.55. The first-order chi connectivity index (χ1) is 15.8. The first-order valence-electron chi connectivity index (χ1n) is 10.9. The molecule has 0 atom stereocenters. The Hall–Kier alpha value is -4.10. The zero-order valence-electron chi connectivity index (χ0n) is 17.8. The summed E-state index contributed by atoms with van der Waals surface area (Å²) in [5.74, 6) is 0.347. The van der Waals surface area contributed by atoms with Crippen molar-refractivity contribution >= 4 is 0 Å². The molecule has 0 spiro atoms. The molecule has 5 aromatic carbocycles. The summed E-state index contributed by atoms with van der Waals surface area (Å²) in [6.45, 7) is 0. The molecule has 0 amide bonds. The van der Waals surface area contributed by atoms with Gasteiger partial charge < -0.3 is 5.11 Å². The molecule has 0 aliphatic rings. The Bertz CT molecular complexity index is 1310. The third-order valence-corrected chi connectivity index (χ3v) is 5.86. The summed E-state index contributed by atoms with van der Waals surface area (Å²) in [7, 11) is 0. The standard InChI is InChI=1S/C31H24O/c32-31-29(21-23-13-5-1-6-14-23)27(24-15-7-2-8-16-24)22-28(25-17-9-3-10-18-25)30(31)26-19-11-4-12-20-26/h1-20,22,32H,21H2. The molecule has 32 heavy (non-hydrogen) atoms. The van der Waals surface area contributed by atoms with Crippen molar-refractivity contribution in [3.8, 4) is 39.1 Å². The lowest BCUT2D eigenvalue weighted by Crippen LogP contribution is -1.98. The van der Waals surface area contributed by atoms with E-state index in [0.29, 0.717) is 12.2 Å². The van der Waals surface area contributed by atoms with Crippen LogP contribution < -0.4 is 0 Å². The van der Waals surface area contributed by atoms with Gasteiger partial charge in [-0.05, 0) is 39.4 Å². The first-order valence-corrected chi connectivity index (χ1v) is 10.9. The largest absolute Gasteiger partial charge is 0.507 e. The summed E-state index contributed by atoms with van der Waals surface area (Å²) in [5.41, 5.74) is 8.29. The number of aromatic hydroxyl groups is 1. The highest BCUT2D eigenvalue weighted by Crippen LogP contribution is 2.46. The lowest BCUT2D eigenvalue weighted by atomic mass is 9.85. The molecular weight excluding hydrogens is 388 g/mol. The Morgan fingerprint density at radius 3 is 1.44 bits per heavy atom. The van der Waals surface area contributed by atoms with Crippen LogP contribution in [0.3, 0.4) is 0 Å². The molecule has 0 heterocycles. The number of benzene rings is 5. The van der Waals surface area contributed by atoms with E-state index in [-0.39, 0.29) is 0 Å². The zero-order valence-corrected chi connectivity index (χ0v) is 17.8. The van der Waals surface area contributed by atoms with Gasteiger partial charge in [0.25, 0.3) is 0 Å². The fourth-order valence-electron chi connectivity index (χ4n) is 4.31. The molecule has 0 fully saturated rings. The van der Waals surface area contributed by atoms with Gasteiger partial charge in [-0.3, -0.25) is 0 Å². The fourth-order valence-corrected chi connectivity index (χ4v) is 4.31. The summed E-state index contributed by atoms with van der Waals surface area (Å²) in [6, 6.07) is 43.4. The van der Waals surface area contributed by atoms with Crippen LogP contribution in [0.5, 0.6) is 5.75 Å². The molecule has 0 saturated heterocycles. The van der Waals surface area contributed by atoms with Crippen molar-refractivity contribution in [2.75, 3.05) is 0 Å². The summed E-state index contributed by atoms with van der Waals surface area (Å²) < 4.78 is 0. The number of phenols is 1. The molecule has 0 aliphatic heterocycles. The maximum Gasteiger partial charge on any atom is 0.128 e. The number of phenolic OH excluding ortho intramolecular Hbond substituents is 1. The van der Waals surface area contributed by atoms with Crippen LogP contribution in [-0.2, 0) is 6.42 Å². The zero-order chi connectivity index (χ0) is 21.8. The maximum atomic E-state index is 11.8. The van der Waals surface area contributed by atoms with Gasteiger partial charge in [-0.25, -0.2) is 0 Å². The van der Waals surface area contributed by atoms with Gasteiger partial charge in [0, 0.05) is 17.5 Å². The highest BCUT2D eigenvalue weighted by Gasteiger charge is 2.21. The van der Waals surface area contributed by atoms with E-state index in [2.05, 4.69) is 54.6 Å². The molecule has 1 N–H and O–H groups in total. The van der Waals surface area contributed by atoms with Gasteiger partial charge in [0.05, 0.1) is 0 Å². The minimum Gasteiger partial charge on any atom is -0.507 e. The van der Waals surface area contributed by atoms with E-state index in [1.165, 1.54) is 5.56 Å². The molecule has 154 valence electrons. The molecule has 0 saturated carbocycles. The second-order valence-corrected chi connectivity index (χ2v) is 7.93. The van der Waals surface area contributed by atoms with Crippen LogP contribution in [0.25, 0.3) is 33.4 Å². The van der Waals surface area contributed by atoms with Crippen molar-refractivity contribution in [1.29, 1.82) is 0 Å². The second kappa shape index (κ2) is 8.95. The summed E-state index contributed by atoms with van der Waals surface area (Å²) >= 11 is 0. The number of hydrogen-bond acceptors (Lipinski definition) is 1. The SMILES string of the molecule is Oc1c(Cc2ccccc2)c(-c2ccccc2)cc(-c2ccccc2)c1-c1ccccc1. The quantitative estimate of drug-likeness (QED) is 0.310. The van der Waals surface area contributed by atoms with E-state index < -0.39 is 0 Å². The predicted octanol–water partition coefficient (Wildman–Crippen LogP) is 7.98. The van der Waals surface area contributed by atoms with Crippen molar-refractivity contribution in [2.45, 2.75) is 6.42 Å². The van der Waals surface area contributed by atoms with E-state index in [0.717, 1.165) is 38.9 Å². The Morgan fingerprint density at radius 2 is 0.906 bits per heavy atom. The van der Waals surface area contributed by atoms with Gasteiger partial charge in [-0.1, -0.05) is 121 Å².